The lowest BCUT2D eigenvalue weighted by Crippen LogP contribution is -2.32. The molecule has 1 amide bonds. The number of hydrogen-bond donors (Lipinski definition) is 0. The number of hydrogen-bond acceptors (Lipinski definition) is 3. The Labute approximate surface area is 128 Å². The fourth-order valence-corrected chi connectivity index (χ4v) is 2.82. The summed E-state index contributed by atoms with van der Waals surface area (Å²) in [7, 11) is 1.75. The second-order valence-corrected chi connectivity index (χ2v) is 6.11. The molecule has 110 valence electrons. The quantitative estimate of drug-likeness (QED) is 0.794. The molecule has 0 saturated carbocycles. The van der Waals surface area contributed by atoms with E-state index in [-0.39, 0.29) is 17.0 Å². The van der Waals surface area contributed by atoms with Crippen molar-refractivity contribution in [2.24, 2.45) is 0 Å². The number of carbonyl (C=O) groups excluding carboxylic acids is 1. The minimum atomic E-state index is -0.271. The van der Waals surface area contributed by atoms with Gasteiger partial charge in [0.15, 0.2) is 0 Å². The summed E-state index contributed by atoms with van der Waals surface area (Å²) in [5.74, 6) is -0.248. The SMILES string of the molecule is CC(Sc1ccccn1)C(=O)N(C)Cc1ccc(F)cc1. The van der Waals surface area contributed by atoms with Crippen LogP contribution in [-0.2, 0) is 11.3 Å². The number of halogens is 1. The Morgan fingerprint density at radius 3 is 2.62 bits per heavy atom. The van der Waals surface area contributed by atoms with Gasteiger partial charge < -0.3 is 4.90 Å². The minimum Gasteiger partial charge on any atom is -0.340 e. The maximum atomic E-state index is 12.9. The standard InChI is InChI=1S/C16H17FN2OS/c1-12(21-15-5-3-4-10-18-15)16(20)19(2)11-13-6-8-14(17)9-7-13/h3-10,12H,11H2,1-2H3. The van der Waals surface area contributed by atoms with Crippen molar-refractivity contribution in [2.45, 2.75) is 23.7 Å². The van der Waals surface area contributed by atoms with Gasteiger partial charge in [-0.3, -0.25) is 4.79 Å². The van der Waals surface area contributed by atoms with Crippen molar-refractivity contribution in [3.05, 3.63) is 60.0 Å². The van der Waals surface area contributed by atoms with Gasteiger partial charge in [0.1, 0.15) is 5.82 Å². The maximum absolute atomic E-state index is 12.9. The predicted molar refractivity (Wildman–Crippen MR) is 82.4 cm³/mol. The molecule has 1 aromatic heterocycles. The molecule has 2 aromatic rings. The molecule has 0 aliphatic heterocycles. The van der Waals surface area contributed by atoms with E-state index in [9.17, 15) is 9.18 Å². The zero-order chi connectivity index (χ0) is 15.2. The first-order valence-corrected chi connectivity index (χ1v) is 7.51. The van der Waals surface area contributed by atoms with Gasteiger partial charge in [-0.25, -0.2) is 9.37 Å². The number of thioether (sulfide) groups is 1. The molecule has 0 fully saturated rings. The first-order valence-electron chi connectivity index (χ1n) is 6.63. The molecular weight excluding hydrogens is 287 g/mol. The summed E-state index contributed by atoms with van der Waals surface area (Å²) in [6.45, 7) is 2.33. The number of carbonyl (C=O) groups is 1. The van der Waals surface area contributed by atoms with E-state index in [2.05, 4.69) is 4.98 Å². The number of amides is 1. The average Bonchev–Trinajstić information content (AvgIpc) is 2.49. The van der Waals surface area contributed by atoms with Crippen LogP contribution in [0.5, 0.6) is 0 Å². The van der Waals surface area contributed by atoms with Crippen molar-refractivity contribution in [2.75, 3.05) is 7.05 Å². The Kier molecular flexibility index (Phi) is 5.33. The molecule has 0 bridgehead atoms. The molecule has 1 unspecified atom stereocenters. The topological polar surface area (TPSA) is 33.2 Å². The smallest absolute Gasteiger partial charge is 0.235 e. The molecule has 1 aromatic carbocycles. The van der Waals surface area contributed by atoms with Crippen molar-refractivity contribution < 1.29 is 9.18 Å². The molecule has 0 spiro atoms. The van der Waals surface area contributed by atoms with Crippen molar-refractivity contribution in [3.63, 3.8) is 0 Å². The first kappa shape index (κ1) is 15.5. The van der Waals surface area contributed by atoms with Crippen LogP contribution in [0.4, 0.5) is 4.39 Å². The summed E-state index contributed by atoms with van der Waals surface area (Å²) < 4.78 is 12.9. The summed E-state index contributed by atoms with van der Waals surface area (Å²) >= 11 is 1.43. The Morgan fingerprint density at radius 1 is 1.29 bits per heavy atom. The largest absolute Gasteiger partial charge is 0.340 e. The minimum absolute atomic E-state index is 0.0231. The number of pyridine rings is 1. The Balaban J connectivity index is 1.93. The number of aromatic nitrogens is 1. The molecule has 3 nitrogen and oxygen atoms in total. The summed E-state index contributed by atoms with van der Waals surface area (Å²) in [5, 5.41) is 0.610. The van der Waals surface area contributed by atoms with Crippen LogP contribution in [0.2, 0.25) is 0 Å². The molecule has 5 heteroatoms. The summed E-state index contributed by atoms with van der Waals surface area (Å²) in [6.07, 6.45) is 1.71. The average molecular weight is 304 g/mol. The van der Waals surface area contributed by atoms with Crippen molar-refractivity contribution in [1.29, 1.82) is 0 Å². The predicted octanol–water partition coefficient (Wildman–Crippen LogP) is 3.36. The van der Waals surface area contributed by atoms with E-state index in [1.807, 2.05) is 25.1 Å². The van der Waals surface area contributed by atoms with Gasteiger partial charge in [-0.2, -0.15) is 0 Å². The van der Waals surface area contributed by atoms with Crippen LogP contribution in [0.15, 0.2) is 53.7 Å². The maximum Gasteiger partial charge on any atom is 0.235 e. The summed E-state index contributed by atoms with van der Waals surface area (Å²) in [5.41, 5.74) is 0.905. The van der Waals surface area contributed by atoms with Crippen molar-refractivity contribution in [1.82, 2.24) is 9.88 Å². The summed E-state index contributed by atoms with van der Waals surface area (Å²) in [6, 6.07) is 11.8. The van der Waals surface area contributed by atoms with Gasteiger partial charge in [0.2, 0.25) is 5.91 Å². The molecule has 0 radical (unpaired) electrons. The third kappa shape index (κ3) is 4.56. The van der Waals surface area contributed by atoms with Gasteiger partial charge in [0.25, 0.3) is 0 Å². The zero-order valence-corrected chi connectivity index (χ0v) is 12.8. The zero-order valence-electron chi connectivity index (χ0n) is 12.0. The van der Waals surface area contributed by atoms with Crippen LogP contribution in [0.25, 0.3) is 0 Å². The third-order valence-corrected chi connectivity index (χ3v) is 4.03. The van der Waals surface area contributed by atoms with E-state index in [0.29, 0.717) is 6.54 Å². The highest BCUT2D eigenvalue weighted by molar-refractivity contribution is 8.00. The van der Waals surface area contributed by atoms with Crippen LogP contribution in [0, 0.1) is 5.82 Å². The number of rotatable bonds is 5. The van der Waals surface area contributed by atoms with Gasteiger partial charge >= 0.3 is 0 Å². The molecule has 0 saturated heterocycles. The molecule has 0 N–H and O–H groups in total. The number of benzene rings is 1. The fourth-order valence-electron chi connectivity index (χ4n) is 1.90. The highest BCUT2D eigenvalue weighted by Crippen LogP contribution is 2.22. The Morgan fingerprint density at radius 2 is 2.00 bits per heavy atom. The summed E-state index contributed by atoms with van der Waals surface area (Å²) in [4.78, 5) is 18.2. The highest BCUT2D eigenvalue weighted by Gasteiger charge is 2.19. The van der Waals surface area contributed by atoms with E-state index >= 15 is 0 Å². The first-order chi connectivity index (χ1) is 10.1. The molecule has 1 atom stereocenters. The molecule has 2 rings (SSSR count). The van der Waals surface area contributed by atoms with Crippen LogP contribution in [0.3, 0.4) is 0 Å². The Bertz CT molecular complexity index is 589. The molecule has 21 heavy (non-hydrogen) atoms. The highest BCUT2D eigenvalue weighted by atomic mass is 32.2. The second-order valence-electron chi connectivity index (χ2n) is 4.75. The monoisotopic (exact) mass is 304 g/mol. The normalized spacial score (nSPS) is 12.0. The van der Waals surface area contributed by atoms with Crippen LogP contribution >= 0.6 is 11.8 Å². The van der Waals surface area contributed by atoms with Crippen molar-refractivity contribution in [3.8, 4) is 0 Å². The molecule has 1 heterocycles. The van der Waals surface area contributed by atoms with Gasteiger partial charge in [-0.15, -0.1) is 0 Å². The van der Waals surface area contributed by atoms with Gasteiger partial charge in [-0.05, 0) is 36.8 Å². The van der Waals surface area contributed by atoms with E-state index in [0.717, 1.165) is 10.6 Å². The molecular formula is C16H17FN2OS. The number of nitrogens with zero attached hydrogens (tertiary/aromatic N) is 2. The van der Waals surface area contributed by atoms with E-state index in [1.165, 1.54) is 23.9 Å². The lowest BCUT2D eigenvalue weighted by molar-refractivity contribution is -0.129. The Hall–Kier alpha value is -1.88. The van der Waals surface area contributed by atoms with E-state index < -0.39 is 0 Å². The van der Waals surface area contributed by atoms with Gasteiger partial charge in [0.05, 0.1) is 10.3 Å². The van der Waals surface area contributed by atoms with Crippen molar-refractivity contribution >= 4 is 17.7 Å². The van der Waals surface area contributed by atoms with Crippen LogP contribution in [-0.4, -0.2) is 28.1 Å². The lowest BCUT2D eigenvalue weighted by atomic mass is 10.2. The third-order valence-electron chi connectivity index (χ3n) is 2.99. The van der Waals surface area contributed by atoms with Gasteiger partial charge in [0, 0.05) is 19.8 Å². The van der Waals surface area contributed by atoms with E-state index in [1.54, 1.807) is 30.3 Å². The lowest BCUT2D eigenvalue weighted by Gasteiger charge is -2.21. The van der Waals surface area contributed by atoms with Crippen LogP contribution < -0.4 is 0 Å². The molecule has 0 aliphatic rings. The van der Waals surface area contributed by atoms with Crippen LogP contribution in [0.1, 0.15) is 12.5 Å². The van der Waals surface area contributed by atoms with Gasteiger partial charge in [-0.1, -0.05) is 30.0 Å². The fraction of sp³-hybridized carbons (Fsp3) is 0.250. The van der Waals surface area contributed by atoms with E-state index in [4.69, 9.17) is 0 Å². The second kappa shape index (κ2) is 7.22. The molecule has 0 aliphatic carbocycles.